The molecule has 0 aliphatic carbocycles. The maximum Gasteiger partial charge on any atom is 0.305 e. The van der Waals surface area contributed by atoms with Gasteiger partial charge in [-0.25, -0.2) is 0 Å². The molecule has 2 aromatic rings. The first kappa shape index (κ1) is 42.5. The van der Waals surface area contributed by atoms with Crippen molar-refractivity contribution in [3.8, 4) is 11.8 Å². The standard InChI is InChI=1S/C38H52N2O12/c41-36(11-12-37(42)40-31-34-7-2-1-5-32(34)9-10-33-6-3-4-8-35(33)40)39-14-16-46-18-20-48-22-24-50-26-28-52-30-29-51-27-25-49-23-21-47-19-17-45-15-13-38(43)44/h1-8H,11-31H2,(H,39,41)(H,43,44). The molecule has 14 nitrogen and oxygen atoms in total. The number of anilines is 1. The molecule has 0 fully saturated rings. The van der Waals surface area contributed by atoms with Crippen LogP contribution in [-0.4, -0.2) is 135 Å². The number of hydrogen-bond donors (Lipinski definition) is 2. The van der Waals surface area contributed by atoms with Crippen molar-refractivity contribution in [2.45, 2.75) is 25.8 Å². The molecule has 0 aromatic heterocycles. The molecule has 3 rings (SSSR count). The van der Waals surface area contributed by atoms with Crippen molar-refractivity contribution in [1.82, 2.24) is 5.32 Å². The molecule has 0 radical (unpaired) electrons. The average Bonchev–Trinajstić information content (AvgIpc) is 3.14. The number of carboxylic acids is 1. The first-order chi connectivity index (χ1) is 25.5. The van der Waals surface area contributed by atoms with E-state index in [0.29, 0.717) is 112 Å². The summed E-state index contributed by atoms with van der Waals surface area (Å²) in [4.78, 5) is 37.7. The Kier molecular flexibility index (Phi) is 22.6. The summed E-state index contributed by atoms with van der Waals surface area (Å²) in [5.41, 5.74) is 3.39. The lowest BCUT2D eigenvalue weighted by Gasteiger charge is -2.26. The lowest BCUT2D eigenvalue weighted by molar-refractivity contribution is -0.138. The van der Waals surface area contributed by atoms with Gasteiger partial charge in [0.2, 0.25) is 11.8 Å². The SMILES string of the molecule is O=C(O)CCOCCOCCOCCOCCOCCOCCOCCOCCNC(=O)CCC(=O)N1Cc2ccccc2C#Cc2ccccc21. The molecule has 14 heteroatoms. The summed E-state index contributed by atoms with van der Waals surface area (Å²) in [6, 6.07) is 15.4. The molecular formula is C38H52N2O12. The van der Waals surface area contributed by atoms with Crippen LogP contribution in [0.4, 0.5) is 5.69 Å². The number of para-hydroxylation sites is 1. The molecule has 2 aromatic carbocycles. The maximum absolute atomic E-state index is 13.3. The van der Waals surface area contributed by atoms with Crippen LogP contribution in [-0.2, 0) is 58.8 Å². The van der Waals surface area contributed by atoms with E-state index in [0.717, 1.165) is 22.4 Å². The minimum Gasteiger partial charge on any atom is -0.481 e. The molecule has 0 saturated carbocycles. The molecule has 1 aliphatic heterocycles. The lowest BCUT2D eigenvalue weighted by Crippen LogP contribution is -2.34. The monoisotopic (exact) mass is 728 g/mol. The van der Waals surface area contributed by atoms with Crippen LogP contribution in [0.5, 0.6) is 0 Å². The highest BCUT2D eigenvalue weighted by atomic mass is 16.6. The number of fused-ring (bicyclic) bond motifs is 2. The van der Waals surface area contributed by atoms with Gasteiger partial charge in [-0.05, 0) is 23.8 Å². The average molecular weight is 729 g/mol. The predicted molar refractivity (Wildman–Crippen MR) is 191 cm³/mol. The van der Waals surface area contributed by atoms with Crippen molar-refractivity contribution >= 4 is 23.5 Å². The van der Waals surface area contributed by atoms with E-state index in [-0.39, 0.29) is 37.7 Å². The van der Waals surface area contributed by atoms with Crippen molar-refractivity contribution in [2.24, 2.45) is 0 Å². The lowest BCUT2D eigenvalue weighted by atomic mass is 10.0. The maximum atomic E-state index is 13.3. The number of ether oxygens (including phenoxy) is 8. The van der Waals surface area contributed by atoms with Gasteiger partial charge in [0.15, 0.2) is 0 Å². The third-order valence-electron chi connectivity index (χ3n) is 7.37. The van der Waals surface area contributed by atoms with E-state index in [1.165, 1.54) is 0 Å². The predicted octanol–water partition coefficient (Wildman–Crippen LogP) is 2.44. The van der Waals surface area contributed by atoms with Gasteiger partial charge in [0.05, 0.1) is 124 Å². The first-order valence-electron chi connectivity index (χ1n) is 17.6. The molecule has 0 atom stereocenters. The van der Waals surface area contributed by atoms with Crippen LogP contribution in [0.1, 0.15) is 36.0 Å². The van der Waals surface area contributed by atoms with Crippen molar-refractivity contribution in [2.75, 3.05) is 117 Å². The van der Waals surface area contributed by atoms with Gasteiger partial charge in [-0.1, -0.05) is 42.2 Å². The van der Waals surface area contributed by atoms with Crippen LogP contribution < -0.4 is 10.2 Å². The second-order valence-corrected chi connectivity index (χ2v) is 11.3. The van der Waals surface area contributed by atoms with Gasteiger partial charge in [-0.2, -0.15) is 0 Å². The molecule has 0 saturated heterocycles. The molecular weight excluding hydrogens is 676 g/mol. The summed E-state index contributed by atoms with van der Waals surface area (Å²) < 4.78 is 43.2. The second kappa shape index (κ2) is 27.7. The highest BCUT2D eigenvalue weighted by Crippen LogP contribution is 2.26. The summed E-state index contributed by atoms with van der Waals surface area (Å²) in [5, 5.41) is 11.3. The summed E-state index contributed by atoms with van der Waals surface area (Å²) >= 11 is 0. The van der Waals surface area contributed by atoms with Gasteiger partial charge < -0.3 is 53.2 Å². The Morgan fingerprint density at radius 2 is 1.00 bits per heavy atom. The van der Waals surface area contributed by atoms with E-state index in [9.17, 15) is 14.4 Å². The highest BCUT2D eigenvalue weighted by molar-refractivity contribution is 5.96. The Balaban J connectivity index is 1.06. The summed E-state index contributed by atoms with van der Waals surface area (Å²) in [6.07, 6.45) is 0.155. The fourth-order valence-electron chi connectivity index (χ4n) is 4.71. The van der Waals surface area contributed by atoms with Crippen LogP contribution in [0, 0.1) is 11.8 Å². The van der Waals surface area contributed by atoms with Crippen LogP contribution in [0.3, 0.4) is 0 Å². The van der Waals surface area contributed by atoms with Gasteiger partial charge in [-0.3, -0.25) is 14.4 Å². The number of nitrogens with one attached hydrogen (secondary N) is 1. The number of carboxylic acid groups (broad SMARTS) is 1. The van der Waals surface area contributed by atoms with E-state index in [1.807, 2.05) is 48.5 Å². The molecule has 1 heterocycles. The molecule has 286 valence electrons. The van der Waals surface area contributed by atoms with Gasteiger partial charge in [0, 0.05) is 30.5 Å². The minimum absolute atomic E-state index is 0.0117. The quantitative estimate of drug-likeness (QED) is 0.0895. The number of carbonyl (C=O) groups is 3. The fraction of sp³-hybridized carbons (Fsp3) is 0.553. The van der Waals surface area contributed by atoms with Crippen molar-refractivity contribution < 1.29 is 57.4 Å². The molecule has 0 spiro atoms. The van der Waals surface area contributed by atoms with E-state index in [1.54, 1.807) is 4.90 Å². The first-order valence-corrected chi connectivity index (χ1v) is 17.6. The number of carbonyl (C=O) groups excluding carboxylic acids is 2. The van der Waals surface area contributed by atoms with Crippen molar-refractivity contribution in [3.05, 3.63) is 65.2 Å². The molecule has 1 aliphatic rings. The molecule has 0 unspecified atom stereocenters. The van der Waals surface area contributed by atoms with Crippen LogP contribution in [0.25, 0.3) is 0 Å². The number of amides is 2. The van der Waals surface area contributed by atoms with E-state index >= 15 is 0 Å². The second-order valence-electron chi connectivity index (χ2n) is 11.3. The van der Waals surface area contributed by atoms with E-state index in [4.69, 9.17) is 43.0 Å². The van der Waals surface area contributed by atoms with Crippen LogP contribution in [0.2, 0.25) is 0 Å². The number of hydrogen-bond acceptors (Lipinski definition) is 11. The van der Waals surface area contributed by atoms with Crippen LogP contribution >= 0.6 is 0 Å². The van der Waals surface area contributed by atoms with Gasteiger partial charge >= 0.3 is 5.97 Å². The third-order valence-corrected chi connectivity index (χ3v) is 7.37. The Bertz CT molecular complexity index is 1380. The topological polar surface area (TPSA) is 161 Å². The van der Waals surface area contributed by atoms with Gasteiger partial charge in [0.1, 0.15) is 0 Å². The van der Waals surface area contributed by atoms with Crippen LogP contribution in [0.15, 0.2) is 48.5 Å². The largest absolute Gasteiger partial charge is 0.481 e. The van der Waals surface area contributed by atoms with E-state index in [2.05, 4.69) is 17.2 Å². The summed E-state index contributed by atoms with van der Waals surface area (Å²) in [5.74, 6) is 5.17. The zero-order chi connectivity index (χ0) is 36.9. The smallest absolute Gasteiger partial charge is 0.305 e. The minimum atomic E-state index is -0.882. The summed E-state index contributed by atoms with van der Waals surface area (Å²) in [7, 11) is 0. The normalized spacial score (nSPS) is 11.9. The molecule has 2 amide bonds. The Morgan fingerprint density at radius 1 is 0.558 bits per heavy atom. The fourth-order valence-corrected chi connectivity index (χ4v) is 4.71. The third kappa shape index (κ3) is 19.1. The summed E-state index contributed by atoms with van der Waals surface area (Å²) in [6.45, 7) is 7.29. The number of rotatable bonds is 30. The van der Waals surface area contributed by atoms with Crippen molar-refractivity contribution in [1.29, 1.82) is 0 Å². The molecule has 2 N–H and O–H groups in total. The number of aliphatic carboxylic acids is 1. The van der Waals surface area contributed by atoms with Gasteiger partial charge in [0.25, 0.3) is 0 Å². The zero-order valence-corrected chi connectivity index (χ0v) is 29.9. The Hall–Kier alpha value is -3.91. The number of nitrogens with zero attached hydrogens (tertiary/aromatic N) is 1. The number of benzene rings is 2. The zero-order valence-electron chi connectivity index (χ0n) is 29.9. The van der Waals surface area contributed by atoms with Crippen molar-refractivity contribution in [3.63, 3.8) is 0 Å². The highest BCUT2D eigenvalue weighted by Gasteiger charge is 2.21. The van der Waals surface area contributed by atoms with E-state index < -0.39 is 5.97 Å². The van der Waals surface area contributed by atoms with Gasteiger partial charge in [-0.15, -0.1) is 0 Å². The Labute approximate surface area is 305 Å². The Morgan fingerprint density at radius 3 is 1.54 bits per heavy atom. The molecule has 0 bridgehead atoms. The molecule has 52 heavy (non-hydrogen) atoms.